The number of quaternary nitrogens is 1. The van der Waals surface area contributed by atoms with Crippen LogP contribution in [-0.4, -0.2) is 57.3 Å². The third-order valence-corrected chi connectivity index (χ3v) is 5.39. The van der Waals surface area contributed by atoms with Gasteiger partial charge in [0.1, 0.15) is 5.75 Å². The Hall–Kier alpha value is -2.28. The highest BCUT2D eigenvalue weighted by molar-refractivity contribution is 5.96. The van der Waals surface area contributed by atoms with E-state index >= 15 is 0 Å². The van der Waals surface area contributed by atoms with E-state index in [0.717, 1.165) is 43.9 Å². The van der Waals surface area contributed by atoms with Gasteiger partial charge in [-0.1, -0.05) is 0 Å². The Morgan fingerprint density at radius 2 is 1.96 bits per heavy atom. The molecule has 3 amide bonds. The molecule has 156 valence electrons. The molecule has 1 fully saturated rings. The molecule has 0 radical (unpaired) electrons. The Balaban J connectivity index is 1.75. The van der Waals surface area contributed by atoms with E-state index in [1.165, 1.54) is 0 Å². The fourth-order valence-electron chi connectivity index (χ4n) is 3.60. The van der Waals surface area contributed by atoms with Crippen molar-refractivity contribution in [3.05, 3.63) is 24.3 Å². The van der Waals surface area contributed by atoms with Crippen molar-refractivity contribution in [3.63, 3.8) is 0 Å². The first-order chi connectivity index (χ1) is 13.5. The summed E-state index contributed by atoms with van der Waals surface area (Å²) in [5.41, 5.74) is 0.822. The van der Waals surface area contributed by atoms with E-state index in [1.54, 1.807) is 16.9 Å². The van der Waals surface area contributed by atoms with E-state index < -0.39 is 0 Å². The standard InChI is InChI=1S/C21H34N4O3/c1-5-24(6-2)13-7-8-16(3)22-21(27)23-17-14-20(26)25(15-17)18-9-11-19(28-4)12-10-18/h9-12,16-17H,5-8,13-15H2,1-4H3,(H2,22,23,27)/p+1/t16-,17-/m1/s1. The molecule has 2 atom stereocenters. The van der Waals surface area contributed by atoms with Crippen LogP contribution in [0.25, 0.3) is 0 Å². The molecule has 1 saturated heterocycles. The van der Waals surface area contributed by atoms with Crippen molar-refractivity contribution >= 4 is 17.6 Å². The third-order valence-electron chi connectivity index (χ3n) is 5.39. The third kappa shape index (κ3) is 6.41. The normalized spacial score (nSPS) is 17.7. The van der Waals surface area contributed by atoms with Gasteiger partial charge in [-0.05, 0) is 57.9 Å². The van der Waals surface area contributed by atoms with E-state index in [4.69, 9.17) is 4.74 Å². The first-order valence-corrected chi connectivity index (χ1v) is 10.3. The van der Waals surface area contributed by atoms with Gasteiger partial charge in [0.25, 0.3) is 0 Å². The molecule has 28 heavy (non-hydrogen) atoms. The SMILES string of the molecule is CC[NH+](CC)CCC[C@@H](C)NC(=O)N[C@@H]1CC(=O)N(c2ccc(OC)cc2)C1. The zero-order valence-electron chi connectivity index (χ0n) is 17.6. The minimum Gasteiger partial charge on any atom is -0.497 e. The summed E-state index contributed by atoms with van der Waals surface area (Å²) in [6.45, 7) is 10.3. The van der Waals surface area contributed by atoms with Crippen LogP contribution in [0, 0.1) is 0 Å². The topological polar surface area (TPSA) is 75.1 Å². The molecule has 0 bridgehead atoms. The molecule has 0 saturated carbocycles. The van der Waals surface area contributed by atoms with Crippen LogP contribution in [0.3, 0.4) is 0 Å². The molecule has 1 aliphatic rings. The number of amides is 3. The lowest BCUT2D eigenvalue weighted by atomic mass is 10.2. The van der Waals surface area contributed by atoms with Crippen LogP contribution in [0.2, 0.25) is 0 Å². The molecule has 0 unspecified atom stereocenters. The number of carbonyl (C=O) groups is 2. The zero-order valence-corrected chi connectivity index (χ0v) is 17.6. The van der Waals surface area contributed by atoms with Crippen LogP contribution in [-0.2, 0) is 4.79 Å². The van der Waals surface area contributed by atoms with Gasteiger partial charge in [0.15, 0.2) is 0 Å². The molecule has 2 rings (SSSR count). The molecule has 0 aliphatic carbocycles. The summed E-state index contributed by atoms with van der Waals surface area (Å²) >= 11 is 0. The van der Waals surface area contributed by atoms with Gasteiger partial charge in [-0.25, -0.2) is 4.79 Å². The molecule has 1 aromatic rings. The lowest BCUT2D eigenvalue weighted by Crippen LogP contribution is -3.11. The first-order valence-electron chi connectivity index (χ1n) is 10.3. The highest BCUT2D eigenvalue weighted by Crippen LogP contribution is 2.24. The molecular formula is C21H35N4O3+. The van der Waals surface area contributed by atoms with Crippen LogP contribution in [0.1, 0.15) is 40.0 Å². The Morgan fingerprint density at radius 1 is 1.29 bits per heavy atom. The molecule has 1 heterocycles. The number of rotatable bonds is 10. The van der Waals surface area contributed by atoms with Crippen molar-refractivity contribution in [2.45, 2.75) is 52.1 Å². The molecule has 3 N–H and O–H groups in total. The zero-order chi connectivity index (χ0) is 20.5. The van der Waals surface area contributed by atoms with E-state index in [0.29, 0.717) is 13.0 Å². The summed E-state index contributed by atoms with van der Waals surface area (Å²) in [5.74, 6) is 0.770. The van der Waals surface area contributed by atoms with Crippen LogP contribution in [0.15, 0.2) is 24.3 Å². The van der Waals surface area contributed by atoms with E-state index in [1.807, 2.05) is 31.2 Å². The molecule has 7 nitrogen and oxygen atoms in total. The average Bonchev–Trinajstić information content (AvgIpc) is 3.05. The van der Waals surface area contributed by atoms with Crippen LogP contribution in [0.5, 0.6) is 5.75 Å². The van der Waals surface area contributed by atoms with E-state index in [9.17, 15) is 9.59 Å². The number of hydrogen-bond acceptors (Lipinski definition) is 3. The summed E-state index contributed by atoms with van der Waals surface area (Å²) < 4.78 is 5.15. The number of nitrogens with zero attached hydrogens (tertiary/aromatic N) is 1. The lowest BCUT2D eigenvalue weighted by molar-refractivity contribution is -0.896. The number of urea groups is 1. The second kappa shape index (κ2) is 10.9. The monoisotopic (exact) mass is 391 g/mol. The molecule has 1 aliphatic heterocycles. The van der Waals surface area contributed by atoms with Gasteiger partial charge in [-0.15, -0.1) is 0 Å². The van der Waals surface area contributed by atoms with E-state index in [-0.39, 0.29) is 24.0 Å². The van der Waals surface area contributed by atoms with Crippen LogP contribution in [0.4, 0.5) is 10.5 Å². The van der Waals surface area contributed by atoms with Gasteiger partial charge in [-0.3, -0.25) is 4.79 Å². The minimum absolute atomic E-state index is 0.0192. The lowest BCUT2D eigenvalue weighted by Gasteiger charge is -2.20. The van der Waals surface area contributed by atoms with Gasteiger partial charge >= 0.3 is 6.03 Å². The predicted molar refractivity (Wildman–Crippen MR) is 111 cm³/mol. The Morgan fingerprint density at radius 3 is 2.57 bits per heavy atom. The highest BCUT2D eigenvalue weighted by Gasteiger charge is 2.31. The van der Waals surface area contributed by atoms with Gasteiger partial charge in [0.05, 0.1) is 32.8 Å². The van der Waals surface area contributed by atoms with Crippen molar-refractivity contribution in [3.8, 4) is 5.75 Å². The Labute approximate surface area is 168 Å². The van der Waals surface area contributed by atoms with Crippen molar-refractivity contribution < 1.29 is 19.2 Å². The van der Waals surface area contributed by atoms with Crippen LogP contribution >= 0.6 is 0 Å². The van der Waals surface area contributed by atoms with E-state index in [2.05, 4.69) is 24.5 Å². The van der Waals surface area contributed by atoms with Gasteiger partial charge in [-0.2, -0.15) is 0 Å². The average molecular weight is 392 g/mol. The maximum absolute atomic E-state index is 12.3. The maximum Gasteiger partial charge on any atom is 0.315 e. The quantitative estimate of drug-likeness (QED) is 0.561. The number of nitrogens with one attached hydrogen (secondary N) is 3. The molecular weight excluding hydrogens is 356 g/mol. The molecule has 7 heteroatoms. The van der Waals surface area contributed by atoms with Crippen molar-refractivity contribution in [2.75, 3.05) is 38.2 Å². The largest absolute Gasteiger partial charge is 0.497 e. The number of hydrogen-bond donors (Lipinski definition) is 3. The molecule has 0 aromatic heterocycles. The second-order valence-corrected chi connectivity index (χ2v) is 7.47. The number of carbonyl (C=O) groups excluding carboxylic acids is 2. The van der Waals surface area contributed by atoms with Gasteiger partial charge < -0.3 is 25.2 Å². The summed E-state index contributed by atoms with van der Waals surface area (Å²) in [6, 6.07) is 7.12. The highest BCUT2D eigenvalue weighted by atomic mass is 16.5. The maximum atomic E-state index is 12.3. The summed E-state index contributed by atoms with van der Waals surface area (Å²) in [6.07, 6.45) is 2.36. The fourth-order valence-corrected chi connectivity index (χ4v) is 3.60. The molecule has 0 spiro atoms. The summed E-state index contributed by atoms with van der Waals surface area (Å²) in [7, 11) is 1.61. The number of benzene rings is 1. The smallest absolute Gasteiger partial charge is 0.315 e. The minimum atomic E-state index is -0.197. The van der Waals surface area contributed by atoms with Crippen molar-refractivity contribution in [1.82, 2.24) is 10.6 Å². The van der Waals surface area contributed by atoms with Gasteiger partial charge in [0, 0.05) is 24.7 Å². The van der Waals surface area contributed by atoms with Crippen molar-refractivity contribution in [1.29, 1.82) is 0 Å². The number of anilines is 1. The predicted octanol–water partition coefficient (Wildman–Crippen LogP) is 1.19. The Bertz CT molecular complexity index is 631. The van der Waals surface area contributed by atoms with Gasteiger partial charge in [0.2, 0.25) is 5.91 Å². The van der Waals surface area contributed by atoms with Crippen LogP contribution < -0.4 is 25.2 Å². The Kier molecular flexibility index (Phi) is 8.57. The summed E-state index contributed by atoms with van der Waals surface area (Å²) in [4.78, 5) is 27.9. The number of methoxy groups -OCH3 is 1. The van der Waals surface area contributed by atoms with Crippen molar-refractivity contribution in [2.24, 2.45) is 0 Å². The second-order valence-electron chi connectivity index (χ2n) is 7.47. The fraction of sp³-hybridized carbons (Fsp3) is 0.619. The number of ether oxygens (including phenoxy) is 1. The summed E-state index contributed by atoms with van der Waals surface area (Å²) in [5, 5.41) is 5.94. The first kappa shape index (κ1) is 22.0. The molecule has 1 aromatic carbocycles.